The number of pyridine rings is 1. The largest absolute Gasteiger partial charge is 0.447 e. The van der Waals surface area contributed by atoms with Crippen molar-refractivity contribution in [2.24, 2.45) is 0 Å². The van der Waals surface area contributed by atoms with Gasteiger partial charge in [-0.2, -0.15) is 18.2 Å². The third kappa shape index (κ3) is 6.06. The number of hydrogen-bond acceptors (Lipinski definition) is 9. The fraction of sp³-hybridized carbons (Fsp3) is 0.522. The van der Waals surface area contributed by atoms with Gasteiger partial charge >= 0.3 is 5.51 Å². The van der Waals surface area contributed by atoms with Gasteiger partial charge < -0.3 is 33.9 Å². The van der Waals surface area contributed by atoms with Crippen LogP contribution in [-0.4, -0.2) is 89.1 Å². The first-order valence-electron chi connectivity index (χ1n) is 12.0. The minimum absolute atomic E-state index is 0.00763. The van der Waals surface area contributed by atoms with E-state index in [-0.39, 0.29) is 53.8 Å². The van der Waals surface area contributed by atoms with Crippen molar-refractivity contribution in [3.63, 3.8) is 0 Å². The maximum atomic E-state index is 14.7. The van der Waals surface area contributed by atoms with E-state index in [1.807, 2.05) is 11.9 Å². The topological polar surface area (TPSA) is 106 Å². The predicted octanol–water partition coefficient (Wildman–Crippen LogP) is 3.09. The molecule has 0 saturated carbocycles. The van der Waals surface area contributed by atoms with Crippen LogP contribution in [0.15, 0.2) is 33.9 Å². The molecule has 0 unspecified atom stereocenters. The zero-order valence-corrected chi connectivity index (χ0v) is 21.1. The quantitative estimate of drug-likeness (QED) is 0.334. The van der Waals surface area contributed by atoms with E-state index in [0.717, 1.165) is 0 Å². The number of rotatable bonds is 7. The molecule has 2 fully saturated rings. The molecule has 206 valence electrons. The Hall–Kier alpha value is -2.88. The van der Waals surface area contributed by atoms with Crippen molar-refractivity contribution >= 4 is 28.9 Å². The Bertz CT molecular complexity index is 1280. The molecular weight excluding hydrogens is 532 g/mol. The molecule has 3 aromatic heterocycles. The number of nitrogens with zero attached hydrogens (tertiary/aromatic N) is 4. The zero-order valence-electron chi connectivity index (χ0n) is 20.3. The standard InChI is InChI=1S/C23H26F4N6O4S/c1-32-6-4-15(14(24)11-32)29-16-3-2-5-33-17(16)9-13(22(33)38-23(25,26)27)20-30-19(37-31-20)10-28-21(34)18-12-35-7-8-36-18/h2-3,5,9,14-15,18,29H,4,6-8,10-12H2,1H3,(H,28,34)/t14-,15+,18-/m0/s1. The van der Waals surface area contributed by atoms with Crippen molar-refractivity contribution in [3.8, 4) is 11.4 Å². The summed E-state index contributed by atoms with van der Waals surface area (Å²) in [6.07, 6.45) is 0.145. The predicted molar refractivity (Wildman–Crippen MR) is 129 cm³/mol. The monoisotopic (exact) mass is 558 g/mol. The van der Waals surface area contributed by atoms with Gasteiger partial charge in [0, 0.05) is 31.0 Å². The molecule has 2 aliphatic rings. The Kier molecular flexibility index (Phi) is 7.79. The second kappa shape index (κ2) is 11.1. The number of likely N-dealkylation sites (tertiary alicyclic amines) is 1. The summed E-state index contributed by atoms with van der Waals surface area (Å²) < 4.78 is 72.4. The number of carbonyl (C=O) groups is 1. The smallest absolute Gasteiger partial charge is 0.378 e. The summed E-state index contributed by atoms with van der Waals surface area (Å²) >= 11 is -0.307. The molecule has 0 aliphatic carbocycles. The van der Waals surface area contributed by atoms with Crippen molar-refractivity contribution in [1.82, 2.24) is 24.8 Å². The number of anilines is 1. The van der Waals surface area contributed by atoms with Gasteiger partial charge in [-0.05, 0) is 31.7 Å². The van der Waals surface area contributed by atoms with Crippen LogP contribution in [-0.2, 0) is 20.8 Å². The van der Waals surface area contributed by atoms with Crippen molar-refractivity contribution in [1.29, 1.82) is 0 Å². The number of carbonyl (C=O) groups excluding carboxylic acids is 1. The van der Waals surface area contributed by atoms with Crippen LogP contribution in [0.2, 0.25) is 0 Å². The number of aromatic nitrogens is 3. The average Bonchev–Trinajstić information content (AvgIpc) is 3.49. The lowest BCUT2D eigenvalue weighted by atomic mass is 10.0. The maximum Gasteiger partial charge on any atom is 0.447 e. The molecule has 5 rings (SSSR count). The molecule has 0 spiro atoms. The highest BCUT2D eigenvalue weighted by Gasteiger charge is 2.34. The number of amides is 1. The highest BCUT2D eigenvalue weighted by atomic mass is 32.2. The van der Waals surface area contributed by atoms with Gasteiger partial charge in [-0.3, -0.25) is 4.79 Å². The minimum atomic E-state index is -4.59. The molecule has 38 heavy (non-hydrogen) atoms. The van der Waals surface area contributed by atoms with Gasteiger partial charge in [0.2, 0.25) is 11.7 Å². The van der Waals surface area contributed by atoms with E-state index in [9.17, 15) is 22.4 Å². The van der Waals surface area contributed by atoms with Gasteiger partial charge in [0.25, 0.3) is 5.91 Å². The Morgan fingerprint density at radius 2 is 2.16 bits per heavy atom. The van der Waals surface area contributed by atoms with E-state index < -0.39 is 29.7 Å². The summed E-state index contributed by atoms with van der Waals surface area (Å²) in [5.74, 6) is -0.494. The number of ether oxygens (including phenoxy) is 2. The first kappa shape index (κ1) is 26.7. The lowest BCUT2D eigenvalue weighted by Gasteiger charge is -2.33. The number of nitrogens with one attached hydrogen (secondary N) is 2. The van der Waals surface area contributed by atoms with E-state index >= 15 is 0 Å². The van der Waals surface area contributed by atoms with Gasteiger partial charge in [0.05, 0.1) is 54.2 Å². The third-order valence-corrected chi connectivity index (χ3v) is 7.13. The van der Waals surface area contributed by atoms with E-state index in [1.54, 1.807) is 12.1 Å². The lowest BCUT2D eigenvalue weighted by molar-refractivity contribution is -0.147. The molecule has 0 bridgehead atoms. The summed E-state index contributed by atoms with van der Waals surface area (Å²) in [5.41, 5.74) is -3.60. The van der Waals surface area contributed by atoms with Crippen LogP contribution in [0.5, 0.6) is 0 Å². The number of thioether (sulfide) groups is 1. The highest BCUT2D eigenvalue weighted by Crippen LogP contribution is 2.43. The average molecular weight is 559 g/mol. The van der Waals surface area contributed by atoms with Gasteiger partial charge in [0.15, 0.2) is 6.10 Å². The number of alkyl halides is 4. The maximum absolute atomic E-state index is 14.7. The normalized spacial score (nSPS) is 23.0. The molecule has 0 radical (unpaired) electrons. The summed E-state index contributed by atoms with van der Waals surface area (Å²) in [5, 5.41) is 9.46. The van der Waals surface area contributed by atoms with E-state index in [0.29, 0.717) is 37.4 Å². The highest BCUT2D eigenvalue weighted by molar-refractivity contribution is 8.00. The van der Waals surface area contributed by atoms with Crippen LogP contribution in [0.1, 0.15) is 12.3 Å². The van der Waals surface area contributed by atoms with E-state index in [1.165, 1.54) is 16.7 Å². The fourth-order valence-electron chi connectivity index (χ4n) is 4.44. The molecule has 2 aliphatic heterocycles. The Morgan fingerprint density at radius 1 is 1.32 bits per heavy atom. The Morgan fingerprint density at radius 3 is 2.89 bits per heavy atom. The summed E-state index contributed by atoms with van der Waals surface area (Å²) in [4.78, 5) is 18.3. The molecule has 2 N–H and O–H groups in total. The van der Waals surface area contributed by atoms with Crippen LogP contribution in [0, 0.1) is 0 Å². The van der Waals surface area contributed by atoms with Crippen molar-refractivity contribution in [2.45, 2.75) is 41.8 Å². The molecular formula is C23H26F4N6O4S. The van der Waals surface area contributed by atoms with Crippen LogP contribution in [0.25, 0.3) is 16.9 Å². The second-order valence-corrected chi connectivity index (χ2v) is 10.1. The first-order chi connectivity index (χ1) is 18.2. The number of hydrogen-bond donors (Lipinski definition) is 2. The van der Waals surface area contributed by atoms with Gasteiger partial charge in [-0.15, -0.1) is 0 Å². The lowest BCUT2D eigenvalue weighted by Crippen LogP contribution is -2.46. The van der Waals surface area contributed by atoms with Gasteiger partial charge in [0.1, 0.15) is 6.17 Å². The SMILES string of the molecule is CN1CC[C@@H](Nc2cccn3c(SC(F)(F)F)c(-c4noc(CNC(=O)[C@@H]5COCCO5)n4)cc23)[C@@H](F)C1. The summed E-state index contributed by atoms with van der Waals surface area (Å²) in [6, 6.07) is 4.32. The van der Waals surface area contributed by atoms with Crippen molar-refractivity contribution in [2.75, 3.05) is 45.3 Å². The van der Waals surface area contributed by atoms with Crippen LogP contribution >= 0.6 is 11.8 Å². The molecule has 3 aromatic rings. The van der Waals surface area contributed by atoms with Crippen molar-refractivity contribution < 1.29 is 36.4 Å². The molecule has 0 aromatic carbocycles. The van der Waals surface area contributed by atoms with E-state index in [2.05, 4.69) is 20.8 Å². The van der Waals surface area contributed by atoms with Gasteiger partial charge in [-0.25, -0.2) is 4.39 Å². The zero-order chi connectivity index (χ0) is 26.9. The van der Waals surface area contributed by atoms with Gasteiger partial charge in [-0.1, -0.05) is 5.16 Å². The Balaban J connectivity index is 1.41. The molecule has 3 atom stereocenters. The van der Waals surface area contributed by atoms with E-state index in [4.69, 9.17) is 14.0 Å². The fourth-order valence-corrected chi connectivity index (χ4v) is 5.18. The molecule has 5 heterocycles. The summed E-state index contributed by atoms with van der Waals surface area (Å²) in [7, 11) is 1.84. The van der Waals surface area contributed by atoms with Crippen LogP contribution < -0.4 is 10.6 Å². The summed E-state index contributed by atoms with van der Waals surface area (Å²) in [6.45, 7) is 1.65. The van der Waals surface area contributed by atoms with Crippen LogP contribution in [0.3, 0.4) is 0 Å². The second-order valence-electron chi connectivity index (χ2n) is 9.07. The molecule has 15 heteroatoms. The number of fused-ring (bicyclic) bond motifs is 1. The van der Waals surface area contributed by atoms with Crippen molar-refractivity contribution in [3.05, 3.63) is 30.3 Å². The molecule has 1 amide bonds. The first-order valence-corrected chi connectivity index (χ1v) is 12.8. The minimum Gasteiger partial charge on any atom is -0.378 e. The Labute approximate surface area is 219 Å². The number of piperidine rings is 1. The molecule has 2 saturated heterocycles. The van der Waals surface area contributed by atoms with Crippen LogP contribution in [0.4, 0.5) is 23.2 Å². The molecule has 10 nitrogen and oxygen atoms in total. The third-order valence-electron chi connectivity index (χ3n) is 6.29. The number of halogens is 4.